The van der Waals surface area contributed by atoms with Crippen LogP contribution in [0.25, 0.3) is 11.4 Å². The van der Waals surface area contributed by atoms with E-state index in [2.05, 4.69) is 14.9 Å². The van der Waals surface area contributed by atoms with Gasteiger partial charge < -0.3 is 9.64 Å². The first-order valence-corrected chi connectivity index (χ1v) is 8.16. The Kier molecular flexibility index (Phi) is 3.82. The lowest BCUT2D eigenvalue weighted by Crippen LogP contribution is -2.43. The van der Waals surface area contributed by atoms with Gasteiger partial charge in [-0.25, -0.2) is 9.97 Å². The number of ether oxygens (including phenoxy) is 1. The van der Waals surface area contributed by atoms with Gasteiger partial charge in [-0.3, -0.25) is 10.1 Å². The topological polar surface area (TPSA) is 81.4 Å². The van der Waals surface area contributed by atoms with E-state index in [1.165, 1.54) is 12.1 Å². The highest BCUT2D eigenvalue weighted by Crippen LogP contribution is 2.31. The highest BCUT2D eigenvalue weighted by atomic mass is 35.5. The molecule has 1 aromatic carbocycles. The van der Waals surface area contributed by atoms with E-state index in [0.717, 1.165) is 31.7 Å². The fourth-order valence-electron chi connectivity index (χ4n) is 3.23. The number of non-ortho nitro benzene ring substituents is 1. The fraction of sp³-hybridized carbons (Fsp3) is 0.375. The number of aromatic nitrogens is 2. The van der Waals surface area contributed by atoms with Crippen LogP contribution in [0.4, 0.5) is 11.5 Å². The Labute approximate surface area is 143 Å². The SMILES string of the molecule is O=[N+]([O-])c1ccc(-c2nc(Cl)cc(N3CC4CCC(C3)O4)n2)cc1. The maximum absolute atomic E-state index is 10.8. The minimum Gasteiger partial charge on any atom is -0.371 e. The van der Waals surface area contributed by atoms with E-state index in [1.54, 1.807) is 18.2 Å². The molecule has 1 aromatic heterocycles. The zero-order valence-corrected chi connectivity index (χ0v) is 13.5. The normalized spacial score (nSPS) is 22.6. The average molecular weight is 347 g/mol. The molecule has 0 aliphatic carbocycles. The van der Waals surface area contributed by atoms with Crippen LogP contribution >= 0.6 is 11.6 Å². The van der Waals surface area contributed by atoms with Crippen molar-refractivity contribution in [3.63, 3.8) is 0 Å². The van der Waals surface area contributed by atoms with Gasteiger partial charge in [0.25, 0.3) is 5.69 Å². The van der Waals surface area contributed by atoms with E-state index in [0.29, 0.717) is 16.5 Å². The van der Waals surface area contributed by atoms with Gasteiger partial charge in [-0.05, 0) is 25.0 Å². The number of nitro benzene ring substituents is 1. The molecule has 124 valence electrons. The smallest absolute Gasteiger partial charge is 0.269 e. The molecule has 2 saturated heterocycles. The Morgan fingerprint density at radius 3 is 2.46 bits per heavy atom. The van der Waals surface area contributed by atoms with Crippen LogP contribution in [0.2, 0.25) is 5.15 Å². The molecule has 2 fully saturated rings. The number of rotatable bonds is 3. The Balaban J connectivity index is 1.65. The molecule has 3 heterocycles. The van der Waals surface area contributed by atoms with Gasteiger partial charge in [0.05, 0.1) is 17.1 Å². The summed E-state index contributed by atoms with van der Waals surface area (Å²) in [5.41, 5.74) is 0.728. The van der Waals surface area contributed by atoms with Crippen molar-refractivity contribution in [2.24, 2.45) is 0 Å². The lowest BCUT2D eigenvalue weighted by atomic mass is 10.2. The summed E-state index contributed by atoms with van der Waals surface area (Å²) in [5.74, 6) is 1.23. The zero-order valence-electron chi connectivity index (χ0n) is 12.8. The third-order valence-electron chi connectivity index (χ3n) is 4.39. The van der Waals surface area contributed by atoms with Crippen LogP contribution in [0, 0.1) is 10.1 Å². The van der Waals surface area contributed by atoms with Crippen molar-refractivity contribution in [3.8, 4) is 11.4 Å². The average Bonchev–Trinajstić information content (AvgIpc) is 2.92. The van der Waals surface area contributed by atoms with Gasteiger partial charge in [0, 0.05) is 36.9 Å². The fourth-order valence-corrected chi connectivity index (χ4v) is 3.41. The van der Waals surface area contributed by atoms with Gasteiger partial charge in [0.1, 0.15) is 11.0 Å². The van der Waals surface area contributed by atoms with Crippen LogP contribution in [0.3, 0.4) is 0 Å². The Hall–Kier alpha value is -2.25. The van der Waals surface area contributed by atoms with Crippen molar-refractivity contribution < 1.29 is 9.66 Å². The van der Waals surface area contributed by atoms with E-state index in [1.807, 2.05) is 0 Å². The summed E-state index contributed by atoms with van der Waals surface area (Å²) in [5, 5.41) is 11.1. The molecule has 8 heteroatoms. The predicted octanol–water partition coefficient (Wildman–Crippen LogP) is 3.07. The maximum Gasteiger partial charge on any atom is 0.269 e. The molecule has 4 rings (SSSR count). The van der Waals surface area contributed by atoms with Crippen LogP contribution in [0.1, 0.15) is 12.8 Å². The molecular formula is C16H15ClN4O3. The van der Waals surface area contributed by atoms with Crippen LogP contribution in [-0.2, 0) is 4.74 Å². The van der Waals surface area contributed by atoms with Crippen LogP contribution < -0.4 is 4.90 Å². The van der Waals surface area contributed by atoms with Crippen LogP contribution in [-0.4, -0.2) is 40.2 Å². The highest BCUT2D eigenvalue weighted by Gasteiger charge is 2.34. The minimum atomic E-state index is -0.433. The third-order valence-corrected chi connectivity index (χ3v) is 4.58. The second-order valence-corrected chi connectivity index (χ2v) is 6.43. The van der Waals surface area contributed by atoms with E-state index in [4.69, 9.17) is 16.3 Å². The van der Waals surface area contributed by atoms with Gasteiger partial charge in [0.2, 0.25) is 0 Å². The number of morpholine rings is 1. The molecule has 2 aliphatic rings. The van der Waals surface area contributed by atoms with Crippen molar-refractivity contribution in [1.29, 1.82) is 0 Å². The van der Waals surface area contributed by atoms with Crippen molar-refractivity contribution >= 4 is 23.1 Å². The molecule has 24 heavy (non-hydrogen) atoms. The van der Waals surface area contributed by atoms with Crippen molar-refractivity contribution in [2.75, 3.05) is 18.0 Å². The predicted molar refractivity (Wildman–Crippen MR) is 89.2 cm³/mol. The number of fused-ring (bicyclic) bond motifs is 2. The minimum absolute atomic E-state index is 0.0331. The molecule has 0 radical (unpaired) electrons. The molecular weight excluding hydrogens is 332 g/mol. The van der Waals surface area contributed by atoms with E-state index in [9.17, 15) is 10.1 Å². The number of nitrogens with zero attached hydrogens (tertiary/aromatic N) is 4. The second-order valence-electron chi connectivity index (χ2n) is 6.04. The molecule has 0 N–H and O–H groups in total. The molecule has 0 spiro atoms. The van der Waals surface area contributed by atoms with Gasteiger partial charge in [-0.1, -0.05) is 11.6 Å². The summed E-state index contributed by atoms with van der Waals surface area (Å²) < 4.78 is 5.85. The van der Waals surface area contributed by atoms with Gasteiger partial charge in [0.15, 0.2) is 5.82 Å². The lowest BCUT2D eigenvalue weighted by molar-refractivity contribution is -0.384. The maximum atomic E-state index is 10.8. The lowest BCUT2D eigenvalue weighted by Gasteiger charge is -2.33. The van der Waals surface area contributed by atoms with Crippen LogP contribution in [0.5, 0.6) is 0 Å². The summed E-state index contributed by atoms with van der Waals surface area (Å²) in [4.78, 5) is 21.4. The monoisotopic (exact) mass is 346 g/mol. The second kappa shape index (κ2) is 5.99. The first-order valence-electron chi connectivity index (χ1n) is 7.78. The standard InChI is InChI=1S/C16H15ClN4O3/c17-14-7-15(20-8-12-5-6-13(9-20)24-12)19-16(18-14)10-1-3-11(4-2-10)21(22)23/h1-4,7,12-13H,5-6,8-9H2. The van der Waals surface area contributed by atoms with Gasteiger partial charge in [-0.15, -0.1) is 0 Å². The summed E-state index contributed by atoms with van der Waals surface area (Å²) >= 11 is 6.17. The largest absolute Gasteiger partial charge is 0.371 e. The molecule has 7 nitrogen and oxygen atoms in total. The highest BCUT2D eigenvalue weighted by molar-refractivity contribution is 6.29. The zero-order chi connectivity index (χ0) is 16.7. The Morgan fingerprint density at radius 2 is 1.83 bits per heavy atom. The molecule has 2 atom stereocenters. The van der Waals surface area contributed by atoms with E-state index < -0.39 is 4.92 Å². The first-order chi connectivity index (χ1) is 11.6. The summed E-state index contributed by atoms with van der Waals surface area (Å²) in [7, 11) is 0. The summed E-state index contributed by atoms with van der Waals surface area (Å²) in [6, 6.07) is 7.90. The van der Waals surface area contributed by atoms with Gasteiger partial charge >= 0.3 is 0 Å². The van der Waals surface area contributed by atoms with E-state index in [-0.39, 0.29) is 17.9 Å². The summed E-state index contributed by atoms with van der Waals surface area (Å²) in [6.07, 6.45) is 2.66. The molecule has 0 amide bonds. The molecule has 2 bridgehead atoms. The number of halogens is 1. The summed E-state index contributed by atoms with van der Waals surface area (Å²) in [6.45, 7) is 1.59. The Bertz CT molecular complexity index is 771. The van der Waals surface area contributed by atoms with Gasteiger partial charge in [-0.2, -0.15) is 0 Å². The van der Waals surface area contributed by atoms with Crippen molar-refractivity contribution in [1.82, 2.24) is 9.97 Å². The van der Waals surface area contributed by atoms with Crippen molar-refractivity contribution in [2.45, 2.75) is 25.0 Å². The number of hydrogen-bond donors (Lipinski definition) is 0. The molecule has 0 saturated carbocycles. The molecule has 2 aromatic rings. The van der Waals surface area contributed by atoms with Crippen molar-refractivity contribution in [3.05, 3.63) is 45.6 Å². The quantitative estimate of drug-likeness (QED) is 0.482. The molecule has 2 unspecified atom stereocenters. The number of nitro groups is 1. The Morgan fingerprint density at radius 1 is 1.17 bits per heavy atom. The number of anilines is 1. The first kappa shape index (κ1) is 15.3. The number of benzene rings is 1. The molecule has 2 aliphatic heterocycles. The van der Waals surface area contributed by atoms with E-state index >= 15 is 0 Å². The van der Waals surface area contributed by atoms with Crippen LogP contribution in [0.15, 0.2) is 30.3 Å². The third kappa shape index (κ3) is 2.92. The number of hydrogen-bond acceptors (Lipinski definition) is 6.